The Labute approximate surface area is 102 Å². The average molecular weight is 256 g/mol. The van der Waals surface area contributed by atoms with E-state index in [1.807, 2.05) is 0 Å². The maximum atomic E-state index is 12.8. The molecule has 0 amide bonds. The Morgan fingerprint density at radius 2 is 1.59 bits per heavy atom. The van der Waals surface area contributed by atoms with Gasteiger partial charge in [0.2, 0.25) is 0 Å². The summed E-state index contributed by atoms with van der Waals surface area (Å²) in [6, 6.07) is 12.8. The van der Waals surface area contributed by atoms with Crippen molar-refractivity contribution in [3.63, 3.8) is 0 Å². The number of alkyl halides is 3. The smallest absolute Gasteiger partial charge is 0.166 e. The van der Waals surface area contributed by atoms with Gasteiger partial charge in [0.25, 0.3) is 0 Å². The summed E-state index contributed by atoms with van der Waals surface area (Å²) >= 11 is 5.90. The Kier molecular flexibility index (Phi) is 3.11. The fourth-order valence-electron chi connectivity index (χ4n) is 1.58. The highest BCUT2D eigenvalue weighted by Crippen LogP contribution is 2.38. The third-order valence-electron chi connectivity index (χ3n) is 2.30. The molecule has 0 aliphatic rings. The Morgan fingerprint density at radius 1 is 0.941 bits per heavy atom. The lowest BCUT2D eigenvalue weighted by molar-refractivity contribution is -0.137. The van der Waals surface area contributed by atoms with Crippen molar-refractivity contribution in [2.24, 2.45) is 0 Å². The van der Waals surface area contributed by atoms with Crippen LogP contribution in [0.25, 0.3) is 11.1 Å². The molecule has 0 atom stereocenters. The van der Waals surface area contributed by atoms with E-state index in [2.05, 4.69) is 6.07 Å². The fraction of sp³-hybridized carbons (Fsp3) is 0.0769. The minimum atomic E-state index is -4.43. The third kappa shape index (κ3) is 2.44. The van der Waals surface area contributed by atoms with E-state index in [1.165, 1.54) is 18.2 Å². The van der Waals surface area contributed by atoms with Crippen LogP contribution in [0.15, 0.2) is 42.5 Å². The Hall–Kier alpha value is -1.48. The molecule has 0 heterocycles. The van der Waals surface area contributed by atoms with E-state index in [0.717, 1.165) is 0 Å². The largest absolute Gasteiger partial charge is 0.417 e. The zero-order chi connectivity index (χ0) is 12.5. The summed E-state index contributed by atoms with van der Waals surface area (Å²) in [5, 5.41) is 0.289. The number of rotatable bonds is 1. The van der Waals surface area contributed by atoms with Gasteiger partial charge in [-0.15, -0.1) is 0 Å². The predicted molar refractivity (Wildman–Crippen MR) is 60.7 cm³/mol. The summed E-state index contributed by atoms with van der Waals surface area (Å²) in [5.74, 6) is 0. The molecule has 0 saturated carbocycles. The van der Waals surface area contributed by atoms with Crippen LogP contribution in [0.5, 0.6) is 0 Å². The number of hydrogen-bond acceptors (Lipinski definition) is 0. The zero-order valence-corrected chi connectivity index (χ0v) is 9.31. The van der Waals surface area contributed by atoms with Crippen LogP contribution in [0.1, 0.15) is 5.56 Å². The van der Waals surface area contributed by atoms with E-state index in [9.17, 15) is 13.2 Å². The zero-order valence-electron chi connectivity index (χ0n) is 8.55. The Morgan fingerprint density at radius 3 is 2.24 bits per heavy atom. The minimum absolute atomic E-state index is 0.0469. The molecule has 0 bridgehead atoms. The molecule has 87 valence electrons. The van der Waals surface area contributed by atoms with E-state index < -0.39 is 11.7 Å². The molecule has 0 aromatic heterocycles. The molecule has 0 unspecified atom stereocenters. The second kappa shape index (κ2) is 4.41. The van der Waals surface area contributed by atoms with Crippen molar-refractivity contribution in [1.82, 2.24) is 0 Å². The highest BCUT2D eigenvalue weighted by atomic mass is 35.5. The molecule has 0 fully saturated rings. The molecule has 2 rings (SSSR count). The maximum absolute atomic E-state index is 12.8. The molecule has 1 radical (unpaired) electrons. The highest BCUT2D eigenvalue weighted by Gasteiger charge is 2.33. The van der Waals surface area contributed by atoms with Crippen LogP contribution in [-0.2, 0) is 6.18 Å². The first kappa shape index (κ1) is 12.0. The number of benzene rings is 2. The topological polar surface area (TPSA) is 0 Å². The minimum Gasteiger partial charge on any atom is -0.166 e. The molecule has 0 N–H and O–H groups in total. The van der Waals surface area contributed by atoms with Crippen LogP contribution in [0.4, 0.5) is 13.2 Å². The van der Waals surface area contributed by atoms with Gasteiger partial charge < -0.3 is 0 Å². The highest BCUT2D eigenvalue weighted by molar-refractivity contribution is 6.33. The second-order valence-electron chi connectivity index (χ2n) is 3.44. The summed E-state index contributed by atoms with van der Waals surface area (Å²) < 4.78 is 38.4. The molecular weight excluding hydrogens is 249 g/mol. The van der Waals surface area contributed by atoms with Gasteiger partial charge in [-0.2, -0.15) is 13.2 Å². The van der Waals surface area contributed by atoms with Crippen LogP contribution < -0.4 is 0 Å². The lowest BCUT2D eigenvalue weighted by Crippen LogP contribution is -2.07. The fourth-order valence-corrected chi connectivity index (χ4v) is 1.81. The second-order valence-corrected chi connectivity index (χ2v) is 3.84. The maximum Gasteiger partial charge on any atom is 0.417 e. The average Bonchev–Trinajstić information content (AvgIpc) is 2.28. The van der Waals surface area contributed by atoms with Gasteiger partial charge in [0.15, 0.2) is 0 Å². The summed E-state index contributed by atoms with van der Waals surface area (Å²) in [6.45, 7) is 0. The summed E-state index contributed by atoms with van der Waals surface area (Å²) in [7, 11) is 0. The van der Waals surface area contributed by atoms with Crippen LogP contribution in [0.2, 0.25) is 5.02 Å². The van der Waals surface area contributed by atoms with Crippen molar-refractivity contribution >= 4 is 11.6 Å². The molecule has 4 heteroatoms. The molecule has 2 aromatic carbocycles. The molecule has 0 spiro atoms. The first-order valence-corrected chi connectivity index (χ1v) is 5.21. The normalized spacial score (nSPS) is 11.5. The molecule has 0 saturated heterocycles. The molecule has 0 aliphatic carbocycles. The predicted octanol–water partition coefficient (Wildman–Crippen LogP) is 4.83. The molecular formula is C13H7ClF3. The Balaban J connectivity index is 2.65. The van der Waals surface area contributed by atoms with Crippen molar-refractivity contribution in [1.29, 1.82) is 0 Å². The quantitative estimate of drug-likeness (QED) is 0.685. The molecule has 0 aliphatic heterocycles. The van der Waals surface area contributed by atoms with E-state index in [1.54, 1.807) is 24.3 Å². The summed E-state index contributed by atoms with van der Waals surface area (Å²) in [5.41, 5.74) is -0.392. The standard InChI is InChI=1S/C13H7ClF3/c14-12-8-4-2-6-10(12)9-5-1-3-7-11(9)13(15,16)17/h1-6,8H. The van der Waals surface area contributed by atoms with Gasteiger partial charge in [0, 0.05) is 10.6 Å². The van der Waals surface area contributed by atoms with Crippen molar-refractivity contribution in [2.75, 3.05) is 0 Å². The van der Waals surface area contributed by atoms with Gasteiger partial charge in [-0.25, -0.2) is 0 Å². The lowest BCUT2D eigenvalue weighted by Gasteiger charge is -2.13. The van der Waals surface area contributed by atoms with Crippen LogP contribution >= 0.6 is 11.6 Å². The van der Waals surface area contributed by atoms with Gasteiger partial charge in [0.1, 0.15) is 0 Å². The summed E-state index contributed by atoms with van der Waals surface area (Å²) in [4.78, 5) is 0. The van der Waals surface area contributed by atoms with Crippen LogP contribution in [0, 0.1) is 6.07 Å². The van der Waals surface area contributed by atoms with Crippen molar-refractivity contribution in [2.45, 2.75) is 6.18 Å². The van der Waals surface area contributed by atoms with E-state index >= 15 is 0 Å². The van der Waals surface area contributed by atoms with E-state index in [0.29, 0.717) is 5.56 Å². The monoisotopic (exact) mass is 255 g/mol. The molecule has 17 heavy (non-hydrogen) atoms. The van der Waals surface area contributed by atoms with Crippen molar-refractivity contribution < 1.29 is 13.2 Å². The molecule has 2 aromatic rings. The Bertz CT molecular complexity index is 532. The van der Waals surface area contributed by atoms with Gasteiger partial charge in [-0.1, -0.05) is 48.0 Å². The van der Waals surface area contributed by atoms with Crippen molar-refractivity contribution in [3.8, 4) is 11.1 Å². The van der Waals surface area contributed by atoms with Gasteiger partial charge in [-0.3, -0.25) is 0 Å². The van der Waals surface area contributed by atoms with Crippen LogP contribution in [0.3, 0.4) is 0 Å². The SMILES string of the molecule is FC(F)(F)c1[c]cccc1-c1ccccc1Cl. The third-order valence-corrected chi connectivity index (χ3v) is 2.63. The van der Waals surface area contributed by atoms with Gasteiger partial charge in [0.05, 0.1) is 5.56 Å². The van der Waals surface area contributed by atoms with Gasteiger partial charge in [-0.05, 0) is 17.7 Å². The number of halogens is 4. The van der Waals surface area contributed by atoms with E-state index in [4.69, 9.17) is 11.6 Å². The van der Waals surface area contributed by atoms with E-state index in [-0.39, 0.29) is 10.6 Å². The first-order valence-electron chi connectivity index (χ1n) is 4.83. The molecule has 0 nitrogen and oxygen atoms in total. The summed E-state index contributed by atoms with van der Waals surface area (Å²) in [6.07, 6.45) is -4.43. The lowest BCUT2D eigenvalue weighted by atomic mass is 9.99. The van der Waals surface area contributed by atoms with Crippen LogP contribution in [-0.4, -0.2) is 0 Å². The van der Waals surface area contributed by atoms with Gasteiger partial charge >= 0.3 is 6.18 Å². The number of hydrogen-bond donors (Lipinski definition) is 0. The first-order chi connectivity index (χ1) is 8.00. The van der Waals surface area contributed by atoms with Crippen molar-refractivity contribution in [3.05, 3.63) is 59.1 Å².